The van der Waals surface area contributed by atoms with Crippen molar-refractivity contribution in [2.45, 2.75) is 38.9 Å². The molecule has 1 aromatic rings. The maximum atomic E-state index is 11.9. The van der Waals surface area contributed by atoms with Gasteiger partial charge in [0.25, 0.3) is 8.32 Å². The number of hydrogen-bond donors (Lipinski definition) is 0. The lowest BCUT2D eigenvalue weighted by atomic mass is 10.2. The number of ether oxygens (including phenoxy) is 1. The second-order valence-corrected chi connectivity index (χ2v) is 10.6. The van der Waals surface area contributed by atoms with Crippen LogP contribution in [0.2, 0.25) is 18.1 Å². The third-order valence-electron chi connectivity index (χ3n) is 3.44. The highest BCUT2D eigenvalue weighted by Gasteiger charge is 2.40. The quantitative estimate of drug-likeness (QED) is 0.479. The molecule has 0 bridgehead atoms. The van der Waals surface area contributed by atoms with Crippen LogP contribution in [0.1, 0.15) is 31.1 Å². The normalized spacial score (nSPS) is 12.1. The fraction of sp³-hybridized carbons (Fsp3) is 0.500. The number of hydrogen-bond acceptors (Lipinski definition) is 4. The number of benzene rings is 1. The summed E-state index contributed by atoms with van der Waals surface area (Å²) in [4.78, 5) is 16.9. The molecule has 1 rings (SSSR count). The zero-order chi connectivity index (χ0) is 14.7. The zero-order valence-electron chi connectivity index (χ0n) is 12.4. The summed E-state index contributed by atoms with van der Waals surface area (Å²) >= 11 is 0. The number of carbonyl (C=O) groups is 1. The molecular weight excluding hydrogens is 260 g/mol. The van der Waals surface area contributed by atoms with Gasteiger partial charge >= 0.3 is 5.97 Å². The third-order valence-corrected chi connectivity index (χ3v) is 7.55. The van der Waals surface area contributed by atoms with E-state index in [4.69, 9.17) is 14.2 Å². The first-order valence-electron chi connectivity index (χ1n) is 6.21. The van der Waals surface area contributed by atoms with E-state index in [1.807, 2.05) is 13.1 Å². The fourth-order valence-corrected chi connectivity index (χ4v) is 1.60. The van der Waals surface area contributed by atoms with Crippen LogP contribution < -0.4 is 4.74 Å². The second-order valence-electron chi connectivity index (χ2n) is 5.95. The van der Waals surface area contributed by atoms with Gasteiger partial charge in [0.05, 0.1) is 12.7 Å². The summed E-state index contributed by atoms with van der Waals surface area (Å²) in [5.74, 6) is 0.116. The Morgan fingerprint density at radius 3 is 2.37 bits per heavy atom. The molecular formula is C14H22O4Si. The third kappa shape index (κ3) is 4.07. The zero-order valence-corrected chi connectivity index (χ0v) is 13.4. The summed E-state index contributed by atoms with van der Waals surface area (Å²) in [7, 11) is -0.545. The fourth-order valence-electron chi connectivity index (χ4n) is 1.07. The molecule has 1 aromatic carbocycles. The Morgan fingerprint density at radius 1 is 1.21 bits per heavy atom. The number of methoxy groups -OCH3 is 1. The summed E-state index contributed by atoms with van der Waals surface area (Å²) in [5, 5.41) is -0.0122. The summed E-state index contributed by atoms with van der Waals surface area (Å²) in [5.41, 5.74) is 0.415. The van der Waals surface area contributed by atoms with E-state index in [1.54, 1.807) is 31.4 Å². The van der Waals surface area contributed by atoms with Crippen LogP contribution in [-0.4, -0.2) is 21.4 Å². The molecule has 0 amide bonds. The van der Waals surface area contributed by atoms with E-state index in [1.165, 1.54) is 0 Å². The largest absolute Gasteiger partial charge is 0.497 e. The van der Waals surface area contributed by atoms with Gasteiger partial charge in [0.15, 0.2) is 0 Å². The van der Waals surface area contributed by atoms with E-state index in [2.05, 4.69) is 20.8 Å². The number of rotatable bonds is 4. The monoisotopic (exact) mass is 282 g/mol. The highest BCUT2D eigenvalue weighted by atomic mass is 28.4. The van der Waals surface area contributed by atoms with Gasteiger partial charge in [0.1, 0.15) is 5.75 Å². The molecule has 0 unspecified atom stereocenters. The van der Waals surface area contributed by atoms with E-state index in [-0.39, 0.29) is 5.04 Å². The van der Waals surface area contributed by atoms with Crippen LogP contribution in [0.5, 0.6) is 5.75 Å². The van der Waals surface area contributed by atoms with Crippen molar-refractivity contribution in [3.63, 3.8) is 0 Å². The molecule has 19 heavy (non-hydrogen) atoms. The summed E-state index contributed by atoms with van der Waals surface area (Å²) in [6, 6.07) is 6.80. The Balaban J connectivity index is 2.70. The topological polar surface area (TPSA) is 44.8 Å². The Labute approximate surface area is 115 Å². The van der Waals surface area contributed by atoms with Crippen LogP contribution in [0.15, 0.2) is 24.3 Å². The Morgan fingerprint density at radius 2 is 1.84 bits per heavy atom. The number of carbonyl (C=O) groups excluding carboxylic acids is 1. The summed E-state index contributed by atoms with van der Waals surface area (Å²) in [6.45, 7) is 10.3. The van der Waals surface area contributed by atoms with Crippen LogP contribution >= 0.6 is 0 Å². The molecule has 0 aliphatic carbocycles. The first kappa shape index (κ1) is 15.7. The van der Waals surface area contributed by atoms with Crippen molar-refractivity contribution in [3.8, 4) is 5.75 Å². The van der Waals surface area contributed by atoms with Gasteiger partial charge in [-0.1, -0.05) is 26.8 Å². The molecule has 0 N–H and O–H groups in total. The van der Waals surface area contributed by atoms with Crippen LogP contribution in [-0.2, 0) is 9.46 Å². The Hall–Kier alpha value is -1.33. The van der Waals surface area contributed by atoms with E-state index in [9.17, 15) is 4.79 Å². The minimum Gasteiger partial charge on any atom is -0.497 e. The minimum absolute atomic E-state index is 0.0122. The molecule has 0 atom stereocenters. The molecule has 106 valence electrons. The molecule has 0 saturated carbocycles. The standard InChI is InChI=1S/C14H22O4Si/c1-14(2,3)19(5,6)18-17-13(15)11-8-7-9-12(10-11)16-4/h7-10H,1-6H3. The van der Waals surface area contributed by atoms with Crippen LogP contribution in [0.4, 0.5) is 0 Å². The van der Waals surface area contributed by atoms with Crippen LogP contribution in [0.3, 0.4) is 0 Å². The van der Waals surface area contributed by atoms with Crippen molar-refractivity contribution in [1.82, 2.24) is 0 Å². The highest BCUT2D eigenvalue weighted by molar-refractivity contribution is 6.73. The van der Waals surface area contributed by atoms with Gasteiger partial charge in [-0.2, -0.15) is 0 Å². The maximum absolute atomic E-state index is 11.9. The van der Waals surface area contributed by atoms with Crippen LogP contribution in [0.25, 0.3) is 0 Å². The van der Waals surface area contributed by atoms with Crippen molar-refractivity contribution >= 4 is 14.3 Å². The van der Waals surface area contributed by atoms with Gasteiger partial charge in [-0.25, -0.2) is 9.37 Å². The predicted octanol–water partition coefficient (Wildman–Crippen LogP) is 3.79. The van der Waals surface area contributed by atoms with Gasteiger partial charge in [-0.05, 0) is 36.3 Å². The van der Waals surface area contributed by atoms with Crippen molar-refractivity contribution in [3.05, 3.63) is 29.8 Å². The Kier molecular flexibility index (Phi) is 4.76. The lowest BCUT2D eigenvalue weighted by Crippen LogP contribution is -2.41. The molecule has 0 radical (unpaired) electrons. The molecule has 0 aliphatic rings. The molecule has 0 heterocycles. The summed E-state index contributed by atoms with van der Waals surface area (Å²) in [6.07, 6.45) is 0. The minimum atomic E-state index is -2.10. The van der Waals surface area contributed by atoms with Crippen molar-refractivity contribution in [1.29, 1.82) is 0 Å². The van der Waals surface area contributed by atoms with Crippen molar-refractivity contribution in [2.75, 3.05) is 7.11 Å². The SMILES string of the molecule is COc1cccc(C(=O)OO[Si](C)(C)C(C)(C)C)c1. The van der Waals surface area contributed by atoms with E-state index < -0.39 is 14.3 Å². The van der Waals surface area contributed by atoms with E-state index in [0.717, 1.165) is 0 Å². The van der Waals surface area contributed by atoms with Crippen molar-refractivity contribution < 1.29 is 19.0 Å². The smallest absolute Gasteiger partial charge is 0.371 e. The maximum Gasteiger partial charge on any atom is 0.371 e. The van der Waals surface area contributed by atoms with Gasteiger partial charge in [0.2, 0.25) is 0 Å². The highest BCUT2D eigenvalue weighted by Crippen LogP contribution is 2.36. The molecule has 0 spiro atoms. The lowest BCUT2D eigenvalue weighted by molar-refractivity contribution is -0.163. The average Bonchev–Trinajstić information content (AvgIpc) is 2.34. The van der Waals surface area contributed by atoms with E-state index in [0.29, 0.717) is 11.3 Å². The molecule has 0 saturated heterocycles. The van der Waals surface area contributed by atoms with Gasteiger partial charge in [-0.15, -0.1) is 0 Å². The molecule has 0 aliphatic heterocycles. The van der Waals surface area contributed by atoms with Gasteiger partial charge in [-0.3, -0.25) is 0 Å². The average molecular weight is 282 g/mol. The van der Waals surface area contributed by atoms with Gasteiger partial charge in [0, 0.05) is 0 Å². The predicted molar refractivity (Wildman–Crippen MR) is 76.7 cm³/mol. The van der Waals surface area contributed by atoms with E-state index >= 15 is 0 Å². The molecule has 5 heteroatoms. The molecule has 4 nitrogen and oxygen atoms in total. The second kappa shape index (κ2) is 5.75. The Bertz CT molecular complexity index is 449. The molecule has 0 aromatic heterocycles. The first-order valence-corrected chi connectivity index (χ1v) is 9.12. The van der Waals surface area contributed by atoms with Crippen LogP contribution in [0, 0.1) is 0 Å². The van der Waals surface area contributed by atoms with Crippen molar-refractivity contribution in [2.24, 2.45) is 0 Å². The lowest BCUT2D eigenvalue weighted by Gasteiger charge is -2.33. The summed E-state index contributed by atoms with van der Waals surface area (Å²) < 4.78 is 10.5. The first-order chi connectivity index (χ1) is 8.67. The molecule has 0 fully saturated rings. The van der Waals surface area contributed by atoms with Gasteiger partial charge < -0.3 is 9.62 Å².